The van der Waals surface area contributed by atoms with E-state index < -0.39 is 6.04 Å². The van der Waals surface area contributed by atoms with Crippen LogP contribution in [0.1, 0.15) is 19.8 Å². The third-order valence-corrected chi connectivity index (χ3v) is 4.17. The summed E-state index contributed by atoms with van der Waals surface area (Å²) in [5.74, 6) is -0.0997. The van der Waals surface area contributed by atoms with Gasteiger partial charge in [0.05, 0.1) is 6.04 Å². The van der Waals surface area contributed by atoms with Crippen molar-refractivity contribution in [1.29, 1.82) is 0 Å². The van der Waals surface area contributed by atoms with Crippen molar-refractivity contribution < 1.29 is 9.59 Å². The number of piperazine rings is 1. The Balaban J connectivity index is 1.70. The molecule has 2 amide bonds. The molecule has 0 aliphatic carbocycles. The highest BCUT2D eigenvalue weighted by Crippen LogP contribution is 2.15. The molecule has 0 aromatic heterocycles. The number of carbonyl (C=O) groups excluding carboxylic acids is 2. The predicted molar refractivity (Wildman–Crippen MR) is 91.1 cm³/mol. The van der Waals surface area contributed by atoms with Crippen molar-refractivity contribution in [1.82, 2.24) is 10.2 Å². The number of anilines is 1. The highest BCUT2D eigenvalue weighted by Gasteiger charge is 2.21. The summed E-state index contributed by atoms with van der Waals surface area (Å²) in [4.78, 5) is 27.9. The van der Waals surface area contributed by atoms with Crippen LogP contribution in [0.5, 0.6) is 0 Å². The van der Waals surface area contributed by atoms with Gasteiger partial charge in [0.15, 0.2) is 0 Å². The molecule has 1 atom stereocenters. The molecule has 1 aromatic rings. The van der Waals surface area contributed by atoms with Gasteiger partial charge in [-0.15, -0.1) is 0 Å². The molecule has 6 nitrogen and oxygen atoms in total. The lowest BCUT2D eigenvalue weighted by Crippen LogP contribution is -2.49. The third-order valence-electron chi connectivity index (χ3n) is 4.17. The topological polar surface area (TPSA) is 78.7 Å². The minimum absolute atomic E-state index is 0.0862. The monoisotopic (exact) mass is 318 g/mol. The number of carbonyl (C=O) groups is 2. The van der Waals surface area contributed by atoms with Gasteiger partial charge in [0.1, 0.15) is 0 Å². The van der Waals surface area contributed by atoms with Gasteiger partial charge in [-0.25, -0.2) is 0 Å². The summed E-state index contributed by atoms with van der Waals surface area (Å²) in [6.45, 7) is 5.32. The molecular weight excluding hydrogens is 292 g/mol. The quantitative estimate of drug-likeness (QED) is 0.804. The average Bonchev–Trinajstić information content (AvgIpc) is 2.61. The summed E-state index contributed by atoms with van der Waals surface area (Å²) in [6.07, 6.45) is 0.925. The zero-order valence-electron chi connectivity index (χ0n) is 13.7. The van der Waals surface area contributed by atoms with Crippen LogP contribution < -0.4 is 16.0 Å². The smallest absolute Gasteiger partial charge is 0.236 e. The van der Waals surface area contributed by atoms with E-state index in [1.54, 1.807) is 0 Å². The molecule has 0 saturated carbocycles. The van der Waals surface area contributed by atoms with Gasteiger partial charge in [0, 0.05) is 44.8 Å². The standard InChI is InChI=1S/C17H26N4O2/c1-2-15(18)17(23)19-9-8-16(22)21-12-10-20(11-13-21)14-6-4-3-5-7-14/h3-7,15H,2,8-13,18H2,1H3,(H,19,23)/t15-/m0/s1. The van der Waals surface area contributed by atoms with E-state index in [-0.39, 0.29) is 11.8 Å². The van der Waals surface area contributed by atoms with Crippen LogP contribution in [0.3, 0.4) is 0 Å². The first-order valence-electron chi connectivity index (χ1n) is 8.23. The predicted octanol–water partition coefficient (Wildman–Crippen LogP) is 0.579. The first-order valence-corrected chi connectivity index (χ1v) is 8.23. The average molecular weight is 318 g/mol. The summed E-state index contributed by atoms with van der Waals surface area (Å²) < 4.78 is 0. The molecule has 1 aromatic carbocycles. The Hall–Kier alpha value is -2.08. The maximum absolute atomic E-state index is 12.2. The van der Waals surface area contributed by atoms with Crippen molar-refractivity contribution in [3.8, 4) is 0 Å². The lowest BCUT2D eigenvalue weighted by molar-refractivity contribution is -0.131. The largest absolute Gasteiger partial charge is 0.368 e. The molecular formula is C17H26N4O2. The fourth-order valence-electron chi connectivity index (χ4n) is 2.62. The normalized spacial score (nSPS) is 16.1. The van der Waals surface area contributed by atoms with Crippen molar-refractivity contribution in [3.05, 3.63) is 30.3 Å². The number of nitrogens with one attached hydrogen (secondary N) is 1. The Morgan fingerprint density at radius 1 is 1.17 bits per heavy atom. The van der Waals surface area contributed by atoms with E-state index in [0.29, 0.717) is 19.4 Å². The Morgan fingerprint density at radius 3 is 2.43 bits per heavy atom. The van der Waals surface area contributed by atoms with Crippen molar-refractivity contribution in [2.45, 2.75) is 25.8 Å². The van der Waals surface area contributed by atoms with Gasteiger partial charge in [-0.2, -0.15) is 0 Å². The second-order valence-electron chi connectivity index (χ2n) is 5.76. The van der Waals surface area contributed by atoms with Crippen molar-refractivity contribution in [2.75, 3.05) is 37.6 Å². The maximum Gasteiger partial charge on any atom is 0.236 e. The molecule has 0 unspecified atom stereocenters. The van der Waals surface area contributed by atoms with Crippen LogP contribution in [0.2, 0.25) is 0 Å². The highest BCUT2D eigenvalue weighted by molar-refractivity contribution is 5.82. The zero-order chi connectivity index (χ0) is 16.7. The molecule has 6 heteroatoms. The molecule has 0 bridgehead atoms. The van der Waals surface area contributed by atoms with E-state index in [1.165, 1.54) is 5.69 Å². The van der Waals surface area contributed by atoms with E-state index in [4.69, 9.17) is 5.73 Å². The Labute approximate surface area is 137 Å². The summed E-state index contributed by atoms with van der Waals surface area (Å²) in [7, 11) is 0. The molecule has 0 radical (unpaired) electrons. The molecule has 23 heavy (non-hydrogen) atoms. The van der Waals surface area contributed by atoms with E-state index in [0.717, 1.165) is 26.2 Å². The van der Waals surface area contributed by atoms with Crippen LogP contribution in [0, 0.1) is 0 Å². The lowest BCUT2D eigenvalue weighted by atomic mass is 10.2. The van der Waals surface area contributed by atoms with E-state index in [2.05, 4.69) is 22.3 Å². The van der Waals surface area contributed by atoms with Crippen LogP contribution in [-0.4, -0.2) is 55.5 Å². The van der Waals surface area contributed by atoms with Crippen molar-refractivity contribution >= 4 is 17.5 Å². The first kappa shape index (κ1) is 17.3. The van der Waals surface area contributed by atoms with Gasteiger partial charge >= 0.3 is 0 Å². The second kappa shape index (κ2) is 8.53. The number of benzene rings is 1. The van der Waals surface area contributed by atoms with Gasteiger partial charge < -0.3 is 20.9 Å². The van der Waals surface area contributed by atoms with Gasteiger partial charge in [-0.05, 0) is 18.6 Å². The Morgan fingerprint density at radius 2 is 1.83 bits per heavy atom. The summed E-state index contributed by atoms with van der Waals surface area (Å²) in [6, 6.07) is 9.74. The van der Waals surface area contributed by atoms with Crippen LogP contribution in [-0.2, 0) is 9.59 Å². The molecule has 1 aliphatic heterocycles. The number of hydrogen-bond acceptors (Lipinski definition) is 4. The molecule has 1 saturated heterocycles. The lowest BCUT2D eigenvalue weighted by Gasteiger charge is -2.36. The number of rotatable bonds is 6. The first-order chi connectivity index (χ1) is 11.1. The van der Waals surface area contributed by atoms with E-state index in [1.807, 2.05) is 30.0 Å². The minimum Gasteiger partial charge on any atom is -0.368 e. The van der Waals surface area contributed by atoms with E-state index >= 15 is 0 Å². The van der Waals surface area contributed by atoms with Crippen LogP contribution in [0.25, 0.3) is 0 Å². The molecule has 3 N–H and O–H groups in total. The highest BCUT2D eigenvalue weighted by atomic mass is 16.2. The van der Waals surface area contributed by atoms with Crippen molar-refractivity contribution in [2.24, 2.45) is 5.73 Å². The van der Waals surface area contributed by atoms with Gasteiger partial charge in [-0.3, -0.25) is 9.59 Å². The maximum atomic E-state index is 12.2. The molecule has 1 heterocycles. The van der Waals surface area contributed by atoms with Crippen LogP contribution in [0.4, 0.5) is 5.69 Å². The number of nitrogens with two attached hydrogens (primary N) is 1. The fraction of sp³-hybridized carbons (Fsp3) is 0.529. The van der Waals surface area contributed by atoms with E-state index in [9.17, 15) is 9.59 Å². The third kappa shape index (κ3) is 4.96. The van der Waals surface area contributed by atoms with Gasteiger partial charge in [0.2, 0.25) is 11.8 Å². The molecule has 1 aliphatic rings. The van der Waals surface area contributed by atoms with Crippen LogP contribution in [0.15, 0.2) is 30.3 Å². The van der Waals surface area contributed by atoms with Crippen LogP contribution >= 0.6 is 0 Å². The summed E-state index contributed by atoms with van der Waals surface area (Å²) in [5.41, 5.74) is 6.83. The summed E-state index contributed by atoms with van der Waals surface area (Å²) in [5, 5.41) is 2.72. The molecule has 0 spiro atoms. The number of para-hydroxylation sites is 1. The van der Waals surface area contributed by atoms with Gasteiger partial charge in [0.25, 0.3) is 0 Å². The molecule has 2 rings (SSSR count). The van der Waals surface area contributed by atoms with Gasteiger partial charge in [-0.1, -0.05) is 25.1 Å². The number of amides is 2. The summed E-state index contributed by atoms with van der Waals surface area (Å²) >= 11 is 0. The minimum atomic E-state index is -0.487. The zero-order valence-corrected chi connectivity index (χ0v) is 13.7. The van der Waals surface area contributed by atoms with Crippen molar-refractivity contribution in [3.63, 3.8) is 0 Å². The second-order valence-corrected chi connectivity index (χ2v) is 5.76. The SMILES string of the molecule is CC[C@H](N)C(=O)NCCC(=O)N1CCN(c2ccccc2)CC1. The molecule has 1 fully saturated rings. The number of hydrogen-bond donors (Lipinski definition) is 2. The fourth-order valence-corrected chi connectivity index (χ4v) is 2.62. The Kier molecular flexibility index (Phi) is 6.40. The number of nitrogens with zero attached hydrogens (tertiary/aromatic N) is 2. The Bertz CT molecular complexity index is 513. The molecule has 126 valence electrons.